The number of benzene rings is 2. The topological polar surface area (TPSA) is 51.2 Å². The molecule has 1 heterocycles. The number of rotatable bonds is 4. The highest BCUT2D eigenvalue weighted by Gasteiger charge is 2.18. The van der Waals surface area contributed by atoms with Gasteiger partial charge < -0.3 is 10.1 Å². The number of para-hydroxylation sites is 1. The van der Waals surface area contributed by atoms with E-state index in [-0.39, 0.29) is 0 Å². The third-order valence-electron chi connectivity index (χ3n) is 3.67. The van der Waals surface area contributed by atoms with Crippen LogP contribution in [0.5, 0.6) is 0 Å². The van der Waals surface area contributed by atoms with Crippen molar-refractivity contribution in [1.29, 1.82) is 0 Å². The first kappa shape index (κ1) is 16.3. The first-order valence-corrected chi connectivity index (χ1v) is 8.06. The van der Waals surface area contributed by atoms with E-state index < -0.39 is 5.97 Å². The predicted octanol–water partition coefficient (Wildman–Crippen LogP) is 5.12. The van der Waals surface area contributed by atoms with E-state index in [2.05, 4.69) is 10.3 Å². The lowest BCUT2D eigenvalue weighted by molar-refractivity contribution is 0.0527. The van der Waals surface area contributed by atoms with Gasteiger partial charge in [-0.2, -0.15) is 0 Å². The zero-order valence-electron chi connectivity index (χ0n) is 13.5. The molecule has 1 aromatic heterocycles. The van der Waals surface area contributed by atoms with Crippen molar-refractivity contribution in [3.8, 4) is 0 Å². The summed E-state index contributed by atoms with van der Waals surface area (Å²) in [6.45, 7) is 4.02. The van der Waals surface area contributed by atoms with Crippen LogP contribution in [0.15, 0.2) is 48.7 Å². The maximum atomic E-state index is 12.3. The van der Waals surface area contributed by atoms with Crippen LogP contribution in [0.4, 0.5) is 11.4 Å². The Morgan fingerprint density at radius 2 is 2.00 bits per heavy atom. The second-order valence-electron chi connectivity index (χ2n) is 5.38. The van der Waals surface area contributed by atoms with Crippen molar-refractivity contribution in [1.82, 2.24) is 4.98 Å². The average Bonchev–Trinajstić information content (AvgIpc) is 2.56. The number of hydrogen-bond acceptors (Lipinski definition) is 4. The quantitative estimate of drug-likeness (QED) is 0.670. The van der Waals surface area contributed by atoms with Gasteiger partial charge in [0.05, 0.1) is 17.8 Å². The van der Waals surface area contributed by atoms with Crippen LogP contribution in [0.2, 0.25) is 5.02 Å². The minimum Gasteiger partial charge on any atom is -0.462 e. The number of hydrogen-bond donors (Lipinski definition) is 1. The number of halogens is 1. The molecule has 4 nitrogen and oxygen atoms in total. The van der Waals surface area contributed by atoms with Crippen molar-refractivity contribution in [2.75, 3.05) is 11.9 Å². The summed E-state index contributed by atoms with van der Waals surface area (Å²) in [4.78, 5) is 16.8. The molecular weight excluding hydrogens is 324 g/mol. The van der Waals surface area contributed by atoms with Gasteiger partial charge in [-0.1, -0.05) is 29.8 Å². The van der Waals surface area contributed by atoms with Gasteiger partial charge in [-0.15, -0.1) is 0 Å². The smallest absolute Gasteiger partial charge is 0.341 e. The molecule has 0 radical (unpaired) electrons. The summed E-state index contributed by atoms with van der Waals surface area (Å²) in [5.74, 6) is -0.414. The Morgan fingerprint density at radius 3 is 2.71 bits per heavy atom. The van der Waals surface area contributed by atoms with Gasteiger partial charge in [0, 0.05) is 22.3 Å². The highest BCUT2D eigenvalue weighted by atomic mass is 35.5. The Balaban J connectivity index is 2.23. The number of carbonyl (C=O) groups excluding carboxylic acids is 1. The molecule has 0 bridgehead atoms. The number of ether oxygens (including phenoxy) is 1. The van der Waals surface area contributed by atoms with Gasteiger partial charge in [0.15, 0.2) is 0 Å². The van der Waals surface area contributed by atoms with Crippen LogP contribution in [0, 0.1) is 6.92 Å². The van der Waals surface area contributed by atoms with Crippen LogP contribution in [0.1, 0.15) is 22.8 Å². The normalized spacial score (nSPS) is 10.6. The Morgan fingerprint density at radius 1 is 1.25 bits per heavy atom. The van der Waals surface area contributed by atoms with Crippen molar-refractivity contribution in [2.45, 2.75) is 13.8 Å². The summed E-state index contributed by atoms with van der Waals surface area (Å²) in [5.41, 5.74) is 3.65. The van der Waals surface area contributed by atoms with Crippen LogP contribution in [0.25, 0.3) is 10.9 Å². The lowest BCUT2D eigenvalue weighted by Crippen LogP contribution is -2.09. The number of aryl methyl sites for hydroxylation is 1. The van der Waals surface area contributed by atoms with Crippen LogP contribution in [0.3, 0.4) is 0 Å². The molecule has 0 amide bonds. The number of fused-ring (bicyclic) bond motifs is 1. The van der Waals surface area contributed by atoms with E-state index in [0.29, 0.717) is 22.9 Å². The van der Waals surface area contributed by atoms with Crippen LogP contribution < -0.4 is 5.32 Å². The molecule has 2 aromatic carbocycles. The molecule has 122 valence electrons. The van der Waals surface area contributed by atoms with Crippen molar-refractivity contribution in [3.63, 3.8) is 0 Å². The molecule has 0 atom stereocenters. The van der Waals surface area contributed by atoms with Crippen LogP contribution in [-0.2, 0) is 4.74 Å². The van der Waals surface area contributed by atoms with E-state index >= 15 is 0 Å². The summed E-state index contributed by atoms with van der Waals surface area (Å²) >= 11 is 6.22. The van der Waals surface area contributed by atoms with Gasteiger partial charge in [0.25, 0.3) is 0 Å². The molecule has 0 aliphatic carbocycles. The monoisotopic (exact) mass is 340 g/mol. The molecule has 0 saturated heterocycles. The first-order valence-electron chi connectivity index (χ1n) is 7.68. The van der Waals surface area contributed by atoms with E-state index in [1.807, 2.05) is 49.4 Å². The number of nitrogens with one attached hydrogen (secondary N) is 1. The molecule has 5 heteroatoms. The SMILES string of the molecule is CCOC(=O)c1cnc2c(C)cc(Cl)cc2c1Nc1ccccc1. The lowest BCUT2D eigenvalue weighted by Gasteiger charge is -2.15. The van der Waals surface area contributed by atoms with Gasteiger partial charge in [0.2, 0.25) is 0 Å². The number of nitrogens with zero attached hydrogens (tertiary/aromatic N) is 1. The van der Waals surface area contributed by atoms with Crippen LogP contribution in [-0.4, -0.2) is 17.6 Å². The standard InChI is InChI=1S/C19H17ClN2O2/c1-3-24-19(23)16-11-21-17-12(2)9-13(20)10-15(17)18(16)22-14-7-5-4-6-8-14/h4-11H,3H2,1-2H3,(H,21,22). The Bertz CT molecular complexity index is 895. The summed E-state index contributed by atoms with van der Waals surface area (Å²) in [6.07, 6.45) is 1.55. The summed E-state index contributed by atoms with van der Waals surface area (Å²) in [7, 11) is 0. The number of pyridine rings is 1. The first-order chi connectivity index (χ1) is 11.6. The second-order valence-corrected chi connectivity index (χ2v) is 5.81. The molecule has 0 aliphatic rings. The summed E-state index contributed by atoms with van der Waals surface area (Å²) < 4.78 is 5.16. The molecule has 0 aliphatic heterocycles. The Hall–Kier alpha value is -2.59. The van der Waals surface area contributed by atoms with E-state index in [9.17, 15) is 4.79 Å². The third kappa shape index (κ3) is 3.19. The molecule has 3 aromatic rings. The van der Waals surface area contributed by atoms with E-state index in [0.717, 1.165) is 22.2 Å². The number of esters is 1. The molecule has 24 heavy (non-hydrogen) atoms. The van der Waals surface area contributed by atoms with Gasteiger partial charge in [-0.05, 0) is 43.7 Å². The Kier molecular flexibility index (Phi) is 4.67. The molecule has 0 unspecified atom stereocenters. The molecule has 1 N–H and O–H groups in total. The van der Waals surface area contributed by atoms with Crippen molar-refractivity contribution in [2.24, 2.45) is 0 Å². The largest absolute Gasteiger partial charge is 0.462 e. The lowest BCUT2D eigenvalue weighted by atomic mass is 10.1. The zero-order chi connectivity index (χ0) is 17.1. The molecular formula is C19H17ClN2O2. The zero-order valence-corrected chi connectivity index (χ0v) is 14.2. The fourth-order valence-corrected chi connectivity index (χ4v) is 2.87. The maximum Gasteiger partial charge on any atom is 0.341 e. The Labute approximate surface area is 145 Å². The summed E-state index contributed by atoms with van der Waals surface area (Å²) in [5, 5.41) is 4.69. The summed E-state index contributed by atoms with van der Waals surface area (Å²) in [6, 6.07) is 13.3. The molecule has 0 fully saturated rings. The minimum absolute atomic E-state index is 0.302. The predicted molar refractivity (Wildman–Crippen MR) is 97.2 cm³/mol. The number of anilines is 2. The van der Waals surface area contributed by atoms with E-state index in [1.165, 1.54) is 0 Å². The van der Waals surface area contributed by atoms with Crippen molar-refractivity contribution < 1.29 is 9.53 Å². The van der Waals surface area contributed by atoms with E-state index in [1.54, 1.807) is 13.1 Å². The van der Waals surface area contributed by atoms with Crippen molar-refractivity contribution in [3.05, 3.63) is 64.8 Å². The van der Waals surface area contributed by atoms with Gasteiger partial charge in [0.1, 0.15) is 5.56 Å². The highest BCUT2D eigenvalue weighted by molar-refractivity contribution is 6.31. The fourth-order valence-electron chi connectivity index (χ4n) is 2.60. The number of aromatic nitrogens is 1. The van der Waals surface area contributed by atoms with Gasteiger partial charge in [-0.25, -0.2) is 4.79 Å². The highest BCUT2D eigenvalue weighted by Crippen LogP contribution is 2.33. The van der Waals surface area contributed by atoms with E-state index in [4.69, 9.17) is 16.3 Å². The molecule has 0 saturated carbocycles. The second kappa shape index (κ2) is 6.89. The minimum atomic E-state index is -0.414. The van der Waals surface area contributed by atoms with Gasteiger partial charge >= 0.3 is 5.97 Å². The van der Waals surface area contributed by atoms with Crippen LogP contribution >= 0.6 is 11.6 Å². The third-order valence-corrected chi connectivity index (χ3v) is 3.88. The fraction of sp³-hybridized carbons (Fsp3) is 0.158. The van der Waals surface area contributed by atoms with Gasteiger partial charge in [-0.3, -0.25) is 4.98 Å². The average molecular weight is 341 g/mol. The number of carbonyl (C=O) groups is 1. The van der Waals surface area contributed by atoms with Crippen molar-refractivity contribution >= 4 is 39.8 Å². The molecule has 3 rings (SSSR count). The maximum absolute atomic E-state index is 12.3. The molecule has 0 spiro atoms.